The quantitative estimate of drug-likeness (QED) is 0.839. The van der Waals surface area contributed by atoms with Gasteiger partial charge in [0, 0.05) is 31.9 Å². The lowest BCUT2D eigenvalue weighted by molar-refractivity contribution is 0.533. The van der Waals surface area contributed by atoms with Gasteiger partial charge < -0.3 is 10.2 Å². The number of nitrogens with zero attached hydrogens (tertiary/aromatic N) is 1. The molecule has 2 heterocycles. The van der Waals surface area contributed by atoms with E-state index in [2.05, 4.69) is 48.3 Å². The molecule has 0 bridgehead atoms. The summed E-state index contributed by atoms with van der Waals surface area (Å²) in [7, 11) is 0. The summed E-state index contributed by atoms with van der Waals surface area (Å²) in [6, 6.07) is 9.16. The highest BCUT2D eigenvalue weighted by Gasteiger charge is 2.35. The van der Waals surface area contributed by atoms with Crippen molar-refractivity contribution in [3.8, 4) is 0 Å². The van der Waals surface area contributed by atoms with Gasteiger partial charge in [0.15, 0.2) is 0 Å². The van der Waals surface area contributed by atoms with Gasteiger partial charge in [-0.3, -0.25) is 0 Å². The lowest BCUT2D eigenvalue weighted by Crippen LogP contribution is -2.25. The summed E-state index contributed by atoms with van der Waals surface area (Å²) in [5.74, 6) is 2.38. The van der Waals surface area contributed by atoms with E-state index in [0.717, 1.165) is 11.8 Å². The van der Waals surface area contributed by atoms with Crippen LogP contribution in [0.2, 0.25) is 0 Å². The zero-order valence-electron chi connectivity index (χ0n) is 10.8. The van der Waals surface area contributed by atoms with E-state index in [9.17, 15) is 0 Å². The van der Waals surface area contributed by atoms with Gasteiger partial charge >= 0.3 is 0 Å². The molecule has 92 valence electrons. The number of nitrogens with one attached hydrogen (secondary N) is 1. The number of fused-ring (bicyclic) bond motifs is 1. The summed E-state index contributed by atoms with van der Waals surface area (Å²) < 4.78 is 0. The second-order valence-electron chi connectivity index (χ2n) is 5.83. The van der Waals surface area contributed by atoms with Crippen LogP contribution in [0.25, 0.3) is 0 Å². The molecule has 0 spiro atoms. The predicted octanol–water partition coefficient (Wildman–Crippen LogP) is 2.47. The third kappa shape index (κ3) is 2.06. The third-order valence-electron chi connectivity index (χ3n) is 4.31. The number of benzene rings is 1. The normalized spacial score (nSPS) is 27.8. The lowest BCUT2D eigenvalue weighted by Gasteiger charge is -2.20. The zero-order valence-corrected chi connectivity index (χ0v) is 10.8. The van der Waals surface area contributed by atoms with E-state index in [1.54, 1.807) is 0 Å². The molecular weight excluding hydrogens is 208 g/mol. The Morgan fingerprint density at radius 3 is 2.18 bits per heavy atom. The van der Waals surface area contributed by atoms with Crippen molar-refractivity contribution in [2.24, 2.45) is 11.8 Å². The lowest BCUT2D eigenvalue weighted by atomic mass is 10.0. The van der Waals surface area contributed by atoms with Gasteiger partial charge in [-0.2, -0.15) is 0 Å². The van der Waals surface area contributed by atoms with Crippen molar-refractivity contribution in [3.63, 3.8) is 0 Å². The molecule has 1 N–H and O–H groups in total. The molecule has 2 fully saturated rings. The Labute approximate surface area is 104 Å². The zero-order chi connectivity index (χ0) is 11.8. The number of rotatable bonds is 2. The molecule has 1 aromatic carbocycles. The number of hydrogen-bond acceptors (Lipinski definition) is 2. The van der Waals surface area contributed by atoms with Crippen LogP contribution in [0, 0.1) is 11.8 Å². The molecule has 2 heteroatoms. The molecule has 1 aromatic rings. The Bertz CT molecular complexity index is 370. The van der Waals surface area contributed by atoms with Crippen LogP contribution < -0.4 is 10.2 Å². The Morgan fingerprint density at radius 1 is 1.06 bits per heavy atom. The highest BCUT2D eigenvalue weighted by atomic mass is 15.2. The minimum atomic E-state index is 0.631. The highest BCUT2D eigenvalue weighted by molar-refractivity contribution is 5.49. The van der Waals surface area contributed by atoms with Crippen LogP contribution in [0.4, 0.5) is 5.69 Å². The summed E-state index contributed by atoms with van der Waals surface area (Å²) in [4.78, 5) is 2.56. The van der Waals surface area contributed by atoms with Crippen molar-refractivity contribution >= 4 is 5.69 Å². The first-order valence-corrected chi connectivity index (χ1v) is 6.79. The molecule has 2 saturated heterocycles. The van der Waals surface area contributed by atoms with E-state index < -0.39 is 0 Å². The Morgan fingerprint density at radius 2 is 1.65 bits per heavy atom. The first-order chi connectivity index (χ1) is 8.24. The van der Waals surface area contributed by atoms with E-state index in [4.69, 9.17) is 0 Å². The Kier molecular flexibility index (Phi) is 2.83. The SMILES string of the molecule is CC(C)c1ccc(N2CC3CNCC3C2)cc1. The van der Waals surface area contributed by atoms with Gasteiger partial charge in [-0.1, -0.05) is 26.0 Å². The molecule has 17 heavy (non-hydrogen) atoms. The fourth-order valence-corrected chi connectivity index (χ4v) is 3.14. The molecule has 2 aliphatic rings. The topological polar surface area (TPSA) is 15.3 Å². The van der Waals surface area contributed by atoms with Gasteiger partial charge in [0.25, 0.3) is 0 Å². The fraction of sp³-hybridized carbons (Fsp3) is 0.600. The van der Waals surface area contributed by atoms with Crippen molar-refractivity contribution in [2.45, 2.75) is 19.8 Å². The van der Waals surface area contributed by atoms with Crippen LogP contribution in [0.3, 0.4) is 0 Å². The molecular formula is C15H22N2. The van der Waals surface area contributed by atoms with Gasteiger partial charge in [0.2, 0.25) is 0 Å². The van der Waals surface area contributed by atoms with E-state index in [0.29, 0.717) is 5.92 Å². The van der Waals surface area contributed by atoms with Crippen LogP contribution in [-0.4, -0.2) is 26.2 Å². The molecule has 0 amide bonds. The molecule has 2 unspecified atom stereocenters. The van der Waals surface area contributed by atoms with Crippen molar-refractivity contribution in [3.05, 3.63) is 29.8 Å². The van der Waals surface area contributed by atoms with E-state index >= 15 is 0 Å². The van der Waals surface area contributed by atoms with Crippen LogP contribution in [0.5, 0.6) is 0 Å². The largest absolute Gasteiger partial charge is 0.371 e. The van der Waals surface area contributed by atoms with Crippen molar-refractivity contribution in [2.75, 3.05) is 31.1 Å². The molecule has 0 aliphatic carbocycles. The standard InChI is InChI=1S/C15H22N2/c1-11(2)12-3-5-15(6-4-12)17-9-13-7-16-8-14(13)10-17/h3-6,11,13-14,16H,7-10H2,1-2H3. The first-order valence-electron chi connectivity index (χ1n) is 6.79. The predicted molar refractivity (Wildman–Crippen MR) is 72.6 cm³/mol. The van der Waals surface area contributed by atoms with Crippen molar-refractivity contribution in [1.82, 2.24) is 5.32 Å². The highest BCUT2D eigenvalue weighted by Crippen LogP contribution is 2.31. The van der Waals surface area contributed by atoms with Gasteiger partial charge in [-0.25, -0.2) is 0 Å². The van der Waals surface area contributed by atoms with E-state index in [-0.39, 0.29) is 0 Å². The molecule has 0 radical (unpaired) electrons. The van der Waals surface area contributed by atoms with Crippen molar-refractivity contribution in [1.29, 1.82) is 0 Å². The maximum absolute atomic E-state index is 3.49. The average molecular weight is 230 g/mol. The smallest absolute Gasteiger partial charge is 0.0366 e. The summed E-state index contributed by atoms with van der Waals surface area (Å²) >= 11 is 0. The summed E-state index contributed by atoms with van der Waals surface area (Å²) in [6.45, 7) is 9.40. The van der Waals surface area contributed by atoms with Gasteiger partial charge in [0.05, 0.1) is 0 Å². The summed E-state index contributed by atoms with van der Waals surface area (Å²) in [6.07, 6.45) is 0. The van der Waals surface area contributed by atoms with E-state index in [1.165, 1.54) is 37.4 Å². The fourth-order valence-electron chi connectivity index (χ4n) is 3.14. The molecule has 2 nitrogen and oxygen atoms in total. The second-order valence-corrected chi connectivity index (χ2v) is 5.83. The van der Waals surface area contributed by atoms with Crippen molar-refractivity contribution < 1.29 is 0 Å². The third-order valence-corrected chi connectivity index (χ3v) is 4.31. The Hall–Kier alpha value is -1.02. The van der Waals surface area contributed by atoms with E-state index in [1.807, 2.05) is 0 Å². The summed E-state index contributed by atoms with van der Waals surface area (Å²) in [5.41, 5.74) is 2.85. The van der Waals surface area contributed by atoms with Gasteiger partial charge in [-0.15, -0.1) is 0 Å². The van der Waals surface area contributed by atoms with Crippen LogP contribution in [0.1, 0.15) is 25.3 Å². The number of hydrogen-bond donors (Lipinski definition) is 1. The molecule has 0 aromatic heterocycles. The minimum absolute atomic E-state index is 0.631. The Balaban J connectivity index is 1.73. The average Bonchev–Trinajstić information content (AvgIpc) is 2.89. The van der Waals surface area contributed by atoms with Gasteiger partial charge in [-0.05, 0) is 35.4 Å². The summed E-state index contributed by atoms with van der Waals surface area (Å²) in [5, 5.41) is 3.49. The second kappa shape index (κ2) is 4.34. The van der Waals surface area contributed by atoms with Gasteiger partial charge in [0.1, 0.15) is 0 Å². The molecule has 0 saturated carbocycles. The molecule has 3 rings (SSSR count). The monoisotopic (exact) mass is 230 g/mol. The molecule has 2 aliphatic heterocycles. The van der Waals surface area contributed by atoms with Crippen LogP contribution in [0.15, 0.2) is 24.3 Å². The van der Waals surface area contributed by atoms with Crippen LogP contribution >= 0.6 is 0 Å². The first kappa shape index (κ1) is 11.1. The maximum Gasteiger partial charge on any atom is 0.0366 e. The number of anilines is 1. The maximum atomic E-state index is 3.49. The van der Waals surface area contributed by atoms with Crippen LogP contribution in [-0.2, 0) is 0 Å². The minimum Gasteiger partial charge on any atom is -0.371 e. The molecule has 2 atom stereocenters.